The Labute approximate surface area is 120 Å². The summed E-state index contributed by atoms with van der Waals surface area (Å²) < 4.78 is 5.77. The van der Waals surface area contributed by atoms with Gasteiger partial charge in [-0.1, -0.05) is 27.7 Å². The number of furan rings is 1. The van der Waals surface area contributed by atoms with Crippen molar-refractivity contribution in [1.82, 2.24) is 10.6 Å². The van der Waals surface area contributed by atoms with Gasteiger partial charge in [-0.15, -0.1) is 0 Å². The summed E-state index contributed by atoms with van der Waals surface area (Å²) in [6.07, 6.45) is 1.38. The maximum absolute atomic E-state index is 11.9. The number of nitrogens with one attached hydrogen (secondary N) is 2. The van der Waals surface area contributed by atoms with Gasteiger partial charge >= 0.3 is 6.03 Å². The molecule has 0 spiro atoms. The lowest BCUT2D eigenvalue weighted by Crippen LogP contribution is -2.42. The van der Waals surface area contributed by atoms with Crippen LogP contribution < -0.4 is 10.6 Å². The van der Waals surface area contributed by atoms with Gasteiger partial charge in [0.1, 0.15) is 11.5 Å². The highest BCUT2D eigenvalue weighted by atomic mass is 16.3. The monoisotopic (exact) mass is 282 g/mol. The Balaban J connectivity index is 2.73. The van der Waals surface area contributed by atoms with Crippen molar-refractivity contribution in [2.45, 2.75) is 46.6 Å². The highest BCUT2D eigenvalue weighted by Gasteiger charge is 2.30. The average molecular weight is 282 g/mol. The number of carbonyl (C=O) groups is 1. The van der Waals surface area contributed by atoms with Gasteiger partial charge in [0.2, 0.25) is 0 Å². The lowest BCUT2D eigenvalue weighted by atomic mass is 9.85. The quantitative estimate of drug-likeness (QED) is 0.702. The number of rotatable bonds is 6. The number of hydrogen-bond acceptors (Lipinski definition) is 3. The molecule has 0 aromatic carbocycles. The van der Waals surface area contributed by atoms with Crippen LogP contribution in [0.5, 0.6) is 0 Å². The predicted molar refractivity (Wildman–Crippen MR) is 78.5 cm³/mol. The Hall–Kier alpha value is -1.49. The first-order valence-electron chi connectivity index (χ1n) is 7.12. The topological polar surface area (TPSA) is 74.5 Å². The second-order valence-electron chi connectivity index (χ2n) is 5.93. The van der Waals surface area contributed by atoms with Crippen LogP contribution in [0.4, 0.5) is 4.79 Å². The molecule has 1 aromatic rings. The molecule has 5 heteroatoms. The summed E-state index contributed by atoms with van der Waals surface area (Å²) in [6, 6.07) is 3.42. The van der Waals surface area contributed by atoms with E-state index in [-0.39, 0.29) is 24.1 Å². The Morgan fingerprint density at radius 1 is 1.40 bits per heavy atom. The Bertz CT molecular complexity index is 421. The fourth-order valence-corrected chi connectivity index (χ4v) is 1.92. The zero-order chi connectivity index (χ0) is 15.2. The normalized spacial score (nSPS) is 13.1. The van der Waals surface area contributed by atoms with Gasteiger partial charge in [0.05, 0.1) is 6.04 Å². The molecule has 0 bridgehead atoms. The zero-order valence-corrected chi connectivity index (χ0v) is 12.8. The molecule has 0 aliphatic carbocycles. The smallest absolute Gasteiger partial charge is 0.315 e. The fourth-order valence-electron chi connectivity index (χ4n) is 1.92. The third kappa shape index (κ3) is 4.89. The molecule has 5 nitrogen and oxygen atoms in total. The van der Waals surface area contributed by atoms with Crippen molar-refractivity contribution in [2.75, 3.05) is 13.2 Å². The first kappa shape index (κ1) is 16.6. The van der Waals surface area contributed by atoms with Crippen LogP contribution in [-0.2, 0) is 6.42 Å². The minimum absolute atomic E-state index is 0.0705. The van der Waals surface area contributed by atoms with Gasteiger partial charge in [-0.05, 0) is 24.0 Å². The fraction of sp³-hybridized carbons (Fsp3) is 0.667. The molecule has 1 rings (SSSR count). The van der Waals surface area contributed by atoms with Gasteiger partial charge in [-0.3, -0.25) is 0 Å². The van der Waals surface area contributed by atoms with Crippen LogP contribution in [-0.4, -0.2) is 24.3 Å². The third-order valence-electron chi connectivity index (χ3n) is 3.08. The van der Waals surface area contributed by atoms with Crippen LogP contribution in [0.3, 0.4) is 0 Å². The van der Waals surface area contributed by atoms with Crippen molar-refractivity contribution in [2.24, 2.45) is 5.41 Å². The van der Waals surface area contributed by atoms with Crippen molar-refractivity contribution >= 4 is 6.03 Å². The largest absolute Gasteiger partial charge is 0.464 e. The van der Waals surface area contributed by atoms with Crippen molar-refractivity contribution in [3.63, 3.8) is 0 Å². The number of carbonyl (C=O) groups excluding carboxylic acids is 1. The number of aliphatic hydroxyl groups excluding tert-OH is 1. The van der Waals surface area contributed by atoms with Gasteiger partial charge in [0.25, 0.3) is 0 Å². The van der Waals surface area contributed by atoms with Gasteiger partial charge in [-0.2, -0.15) is 0 Å². The molecule has 0 radical (unpaired) electrons. The van der Waals surface area contributed by atoms with Crippen molar-refractivity contribution in [3.8, 4) is 0 Å². The summed E-state index contributed by atoms with van der Waals surface area (Å²) >= 11 is 0. The molecule has 0 aliphatic rings. The molecule has 0 aliphatic heterocycles. The number of amides is 2. The molecule has 20 heavy (non-hydrogen) atoms. The van der Waals surface area contributed by atoms with Crippen LogP contribution in [0.15, 0.2) is 16.5 Å². The van der Waals surface area contributed by atoms with E-state index in [9.17, 15) is 4.79 Å². The summed E-state index contributed by atoms with van der Waals surface area (Å²) in [5.74, 6) is 1.68. The third-order valence-corrected chi connectivity index (χ3v) is 3.08. The highest BCUT2D eigenvalue weighted by Crippen LogP contribution is 2.33. The molecule has 1 atom stereocenters. The Morgan fingerprint density at radius 2 is 2.10 bits per heavy atom. The second-order valence-corrected chi connectivity index (χ2v) is 5.93. The molecule has 2 amide bonds. The minimum atomic E-state index is -0.243. The van der Waals surface area contributed by atoms with Crippen molar-refractivity contribution in [1.29, 1.82) is 0 Å². The molecule has 0 fully saturated rings. The number of aliphatic hydroxyl groups is 1. The van der Waals surface area contributed by atoms with E-state index in [0.29, 0.717) is 13.0 Å². The molecule has 1 aromatic heterocycles. The van der Waals surface area contributed by atoms with Gasteiger partial charge in [-0.25, -0.2) is 4.79 Å². The second kappa shape index (κ2) is 7.33. The molecule has 1 unspecified atom stereocenters. The van der Waals surface area contributed by atoms with Crippen LogP contribution in [0.25, 0.3) is 0 Å². The summed E-state index contributed by atoms with van der Waals surface area (Å²) in [4.78, 5) is 11.9. The van der Waals surface area contributed by atoms with Gasteiger partial charge in [0.15, 0.2) is 0 Å². The molecule has 114 valence electrons. The molecule has 3 N–H and O–H groups in total. The molecule has 1 heterocycles. The van der Waals surface area contributed by atoms with E-state index in [1.165, 1.54) is 0 Å². The van der Waals surface area contributed by atoms with E-state index in [0.717, 1.165) is 17.9 Å². The molecule has 0 saturated heterocycles. The van der Waals surface area contributed by atoms with E-state index < -0.39 is 0 Å². The molecule has 0 saturated carbocycles. The van der Waals surface area contributed by atoms with Crippen LogP contribution in [0.1, 0.15) is 51.7 Å². The predicted octanol–water partition coefficient (Wildman–Crippen LogP) is 2.61. The van der Waals surface area contributed by atoms with Crippen LogP contribution in [0.2, 0.25) is 0 Å². The summed E-state index contributed by atoms with van der Waals surface area (Å²) in [7, 11) is 0. The Kier molecular flexibility index (Phi) is 6.07. The standard InChI is InChI=1S/C15H26N2O3/c1-5-11-7-8-12(20-11)13(15(2,3)4)17-14(19)16-9-6-10-18/h7-8,13,18H,5-6,9-10H2,1-4H3,(H2,16,17,19). The van der Waals surface area contributed by atoms with Crippen molar-refractivity contribution in [3.05, 3.63) is 23.7 Å². The van der Waals surface area contributed by atoms with E-state index in [4.69, 9.17) is 9.52 Å². The molecular weight excluding hydrogens is 256 g/mol. The van der Waals surface area contributed by atoms with Crippen molar-refractivity contribution < 1.29 is 14.3 Å². The lowest BCUT2D eigenvalue weighted by Gasteiger charge is -2.30. The average Bonchev–Trinajstić information content (AvgIpc) is 2.83. The first-order chi connectivity index (χ1) is 9.38. The SMILES string of the molecule is CCc1ccc(C(NC(=O)NCCCO)C(C)(C)C)o1. The highest BCUT2D eigenvalue weighted by molar-refractivity contribution is 5.74. The number of hydrogen-bond donors (Lipinski definition) is 3. The van der Waals surface area contributed by atoms with E-state index in [1.54, 1.807) is 0 Å². The maximum Gasteiger partial charge on any atom is 0.315 e. The van der Waals surface area contributed by atoms with E-state index in [2.05, 4.69) is 31.4 Å². The Morgan fingerprint density at radius 3 is 2.60 bits per heavy atom. The maximum atomic E-state index is 11.9. The first-order valence-corrected chi connectivity index (χ1v) is 7.12. The molecular formula is C15H26N2O3. The summed E-state index contributed by atoms with van der Waals surface area (Å²) in [6.45, 7) is 8.72. The number of aryl methyl sites for hydroxylation is 1. The zero-order valence-electron chi connectivity index (χ0n) is 12.8. The minimum Gasteiger partial charge on any atom is -0.464 e. The van der Waals surface area contributed by atoms with Gasteiger partial charge in [0, 0.05) is 19.6 Å². The van der Waals surface area contributed by atoms with E-state index in [1.807, 2.05) is 19.1 Å². The lowest BCUT2D eigenvalue weighted by molar-refractivity contribution is 0.205. The van der Waals surface area contributed by atoms with Gasteiger partial charge < -0.3 is 20.2 Å². The summed E-state index contributed by atoms with van der Waals surface area (Å²) in [5.41, 5.74) is -0.156. The van der Waals surface area contributed by atoms with E-state index >= 15 is 0 Å². The number of urea groups is 1. The van der Waals surface area contributed by atoms with Crippen LogP contribution >= 0.6 is 0 Å². The van der Waals surface area contributed by atoms with Crippen LogP contribution in [0, 0.1) is 5.41 Å². The summed E-state index contributed by atoms with van der Waals surface area (Å²) in [5, 5.41) is 14.4.